The normalized spacial score (nSPS) is 34.6. The molecule has 6 saturated carbocycles. The zero-order valence-electron chi connectivity index (χ0n) is 46.4. The Hall–Kier alpha value is -1.47. The highest BCUT2D eigenvalue weighted by Crippen LogP contribution is 2.62. The molecule has 4 bridgehead atoms. The van der Waals surface area contributed by atoms with E-state index in [0.717, 1.165) is 36.9 Å². The number of hydrogen-bond donors (Lipinski definition) is 7. The van der Waals surface area contributed by atoms with E-state index in [-0.39, 0.29) is 41.3 Å². The van der Waals surface area contributed by atoms with Gasteiger partial charge in [-0.2, -0.15) is 10.1 Å². The summed E-state index contributed by atoms with van der Waals surface area (Å²) in [6.45, 7) is 33.2. The van der Waals surface area contributed by atoms with E-state index in [1.807, 2.05) is 36.4 Å². The minimum Gasteiger partial charge on any atom is -0.507 e. The summed E-state index contributed by atoms with van der Waals surface area (Å²) in [5.74, 6) is 3.27. The maximum absolute atomic E-state index is 13.8. The fourth-order valence-corrected chi connectivity index (χ4v) is 15.9. The molecule has 2 saturated heterocycles. The average Bonchev–Trinajstić information content (AvgIpc) is 3.89. The van der Waals surface area contributed by atoms with Crippen molar-refractivity contribution < 1.29 is 49.2 Å². The second kappa shape index (κ2) is 23.7. The quantitative estimate of drug-likeness (QED) is 0.0325. The largest absolute Gasteiger partial charge is 0.507 e. The van der Waals surface area contributed by atoms with Gasteiger partial charge in [-0.1, -0.05) is 99.2 Å². The van der Waals surface area contributed by atoms with E-state index >= 15 is 0 Å². The highest BCUT2D eigenvalue weighted by molar-refractivity contribution is 14.1. The number of aromatic hydroxyl groups is 1. The van der Waals surface area contributed by atoms with Gasteiger partial charge in [-0.25, -0.2) is 0 Å². The molecule has 6 aliphatic carbocycles. The average molecular weight is 1270 g/mol. The highest BCUT2D eigenvalue weighted by Gasteiger charge is 2.59. The first kappa shape index (κ1) is 60.2. The summed E-state index contributed by atoms with van der Waals surface area (Å²) >= 11 is 4.35. The van der Waals surface area contributed by atoms with E-state index in [2.05, 4.69) is 138 Å². The maximum atomic E-state index is 13.8. The maximum Gasteiger partial charge on any atom is 0.240 e. The lowest BCUT2D eigenvalue weighted by Gasteiger charge is -2.62. The van der Waals surface area contributed by atoms with Crippen molar-refractivity contribution in [1.29, 1.82) is 0 Å². The number of nitrogens with zero attached hydrogens (tertiary/aromatic N) is 2. The standard InChI is InChI=1S/C30H51IN2O5Si.C27H39IN2O5/c1-17-21-13-20(30(21,6)7)14-23(17)32-28(36)26-25(18(2)34)24(16-37-39(8,9)29(3,4)5)38-33(26)15-19-11-10-12-22(31)27(19)35;1-6-10-34-25-17(8-7-9-20(25)28)13-30-24(23(16(3)32)22(14-31)35-30)26(33)29-21-12-18-11-19(15(21)2)27(18,4)5/h10-12,17-18,20-21,23-26,28,32,34-36H,13-16H2,1-9H3;6-9,15-16,18-19,21-24,31-32H,1,10-14H2,2-5H3,(H,29,33)/t17-,18-,20?,21-,23-,24-,25+,26-,28?;15-,16-,18?,19-,21-,22-,23+,24-/m00/s1. The number of para-hydroxylation sites is 2. The van der Waals surface area contributed by atoms with E-state index in [9.17, 15) is 30.3 Å². The lowest BCUT2D eigenvalue weighted by molar-refractivity contribution is -0.194. The van der Waals surface area contributed by atoms with Crippen molar-refractivity contribution in [3.63, 3.8) is 0 Å². The number of phenols is 1. The number of rotatable bonds is 18. The van der Waals surface area contributed by atoms with E-state index in [0.29, 0.717) is 72.6 Å². The van der Waals surface area contributed by atoms with Gasteiger partial charge in [-0.15, -0.1) is 0 Å². The number of benzene rings is 2. The molecule has 2 aliphatic heterocycles. The van der Waals surface area contributed by atoms with Gasteiger partial charge < -0.3 is 40.0 Å². The number of carbonyl (C=O) groups excluding carboxylic acids is 1. The number of carbonyl (C=O) groups is 1. The molecule has 74 heavy (non-hydrogen) atoms. The third-order valence-corrected chi connectivity index (χ3v) is 25.9. The molecule has 0 radical (unpaired) electrons. The van der Waals surface area contributed by atoms with Crippen LogP contribution in [0.25, 0.3) is 0 Å². The summed E-state index contributed by atoms with van der Waals surface area (Å²) in [7, 11) is -2.06. The fraction of sp³-hybridized carbons (Fsp3) is 0.737. The van der Waals surface area contributed by atoms with Crippen molar-refractivity contribution in [3.05, 3.63) is 67.3 Å². The summed E-state index contributed by atoms with van der Waals surface area (Å²) in [4.78, 5) is 26.4. The van der Waals surface area contributed by atoms with Crippen LogP contribution in [-0.2, 0) is 32.0 Å². The van der Waals surface area contributed by atoms with Crippen LogP contribution >= 0.6 is 45.2 Å². The van der Waals surface area contributed by atoms with Gasteiger partial charge in [0.15, 0.2) is 8.32 Å². The molecular weight excluding hydrogens is 1180 g/mol. The molecule has 416 valence electrons. The second-order valence-corrected chi connectivity index (χ2v) is 32.7. The van der Waals surface area contributed by atoms with Crippen LogP contribution in [-0.4, -0.2) is 125 Å². The monoisotopic (exact) mass is 1270 g/mol. The number of hydrogen-bond acceptors (Lipinski definition) is 13. The zero-order chi connectivity index (χ0) is 54.6. The van der Waals surface area contributed by atoms with Crippen LogP contribution in [0, 0.1) is 65.3 Å². The van der Waals surface area contributed by atoms with E-state index in [4.69, 9.17) is 18.8 Å². The summed E-state index contributed by atoms with van der Waals surface area (Å²) in [6.07, 6.45) is 2.70. The number of fused-ring (bicyclic) bond motifs is 4. The number of hydroxylamine groups is 4. The van der Waals surface area contributed by atoms with Gasteiger partial charge in [0, 0.05) is 35.0 Å². The van der Waals surface area contributed by atoms with Crippen molar-refractivity contribution in [1.82, 2.24) is 20.8 Å². The molecule has 7 N–H and O–H groups in total. The molecular formula is C57H90I2N4O10Si. The van der Waals surface area contributed by atoms with Gasteiger partial charge in [0.25, 0.3) is 0 Å². The second-order valence-electron chi connectivity index (χ2n) is 25.6. The van der Waals surface area contributed by atoms with Gasteiger partial charge in [0.1, 0.15) is 42.6 Å². The van der Waals surface area contributed by atoms with Crippen LogP contribution in [0.1, 0.15) is 113 Å². The number of phenolic OH excluding ortho intramolecular Hbond substituents is 1. The van der Waals surface area contributed by atoms with Crippen LogP contribution in [0.15, 0.2) is 49.1 Å². The lowest BCUT2D eigenvalue weighted by atomic mass is 9.44. The number of aliphatic hydroxyl groups excluding tert-OH is 4. The predicted molar refractivity (Wildman–Crippen MR) is 308 cm³/mol. The van der Waals surface area contributed by atoms with Gasteiger partial charge in [-0.3, -0.25) is 19.8 Å². The molecule has 8 fully saturated rings. The van der Waals surface area contributed by atoms with Crippen molar-refractivity contribution >= 4 is 59.4 Å². The molecule has 14 nitrogen and oxygen atoms in total. The number of ether oxygens (including phenoxy) is 1. The summed E-state index contributed by atoms with van der Waals surface area (Å²) < 4.78 is 14.2. The Bertz CT molecular complexity index is 2260. The molecule has 0 spiro atoms. The molecule has 17 atom stereocenters. The van der Waals surface area contributed by atoms with Gasteiger partial charge in [0.05, 0.1) is 51.7 Å². The Balaban J connectivity index is 0.000000217. The number of nitrogens with one attached hydrogen (secondary N) is 2. The van der Waals surface area contributed by atoms with Crippen molar-refractivity contribution in [3.8, 4) is 11.5 Å². The number of amides is 1. The molecule has 2 heterocycles. The first-order valence-corrected chi connectivity index (χ1v) is 32.3. The third kappa shape index (κ3) is 12.1. The van der Waals surface area contributed by atoms with Crippen molar-refractivity contribution in [2.24, 2.45) is 58.2 Å². The summed E-state index contributed by atoms with van der Waals surface area (Å²) in [5.41, 5.74) is 2.29. The van der Waals surface area contributed by atoms with Crippen LogP contribution in [0.4, 0.5) is 0 Å². The summed E-state index contributed by atoms with van der Waals surface area (Å²) in [6, 6.07) is 10.6. The molecule has 10 rings (SSSR count). The van der Waals surface area contributed by atoms with Crippen molar-refractivity contribution in [2.75, 3.05) is 19.8 Å². The first-order valence-electron chi connectivity index (χ1n) is 27.2. The van der Waals surface area contributed by atoms with Crippen LogP contribution in [0.2, 0.25) is 18.1 Å². The molecule has 3 unspecified atom stereocenters. The molecule has 17 heteroatoms. The first-order chi connectivity index (χ1) is 34.5. The molecule has 2 aromatic rings. The topological polar surface area (TPSA) is 186 Å². The predicted octanol–water partition coefficient (Wildman–Crippen LogP) is 9.00. The smallest absolute Gasteiger partial charge is 0.240 e. The van der Waals surface area contributed by atoms with Gasteiger partial charge in [-0.05, 0) is 161 Å². The Morgan fingerprint density at radius 3 is 1.92 bits per heavy atom. The lowest BCUT2D eigenvalue weighted by Crippen LogP contribution is -2.63. The van der Waals surface area contributed by atoms with Crippen LogP contribution < -0.4 is 15.4 Å². The van der Waals surface area contributed by atoms with E-state index in [1.54, 1.807) is 30.0 Å². The minimum atomic E-state index is -2.06. The molecule has 0 aromatic heterocycles. The van der Waals surface area contributed by atoms with E-state index in [1.165, 1.54) is 12.8 Å². The number of halogens is 2. The van der Waals surface area contributed by atoms with Crippen LogP contribution in [0.3, 0.4) is 0 Å². The highest BCUT2D eigenvalue weighted by atomic mass is 127. The number of aliphatic hydroxyl groups is 4. The molecule has 8 aliphatic rings. The zero-order valence-corrected chi connectivity index (χ0v) is 51.7. The SMILES string of the molecule is C=CCOc1c(I)cccc1CN1O[C@@H](CO)[C@@H]([C@H](C)O)[C@H]1C(=O)N[C@H]1CC2C[C@@H]([C@@H]1C)C2(C)C.C[C@@H]1[C@@H](NC(O)[C@@H]2[C@H]([C@H](C)O)[C@H](CO[Si](C)(C)C(C)(C)C)ON2Cc2cccc(I)c2O)CC2C[C@@H]1C2(C)C. The van der Waals surface area contributed by atoms with Gasteiger partial charge >= 0.3 is 0 Å². The van der Waals surface area contributed by atoms with Gasteiger partial charge in [0.2, 0.25) is 5.91 Å². The molecule has 1 amide bonds. The summed E-state index contributed by atoms with van der Waals surface area (Å²) in [5, 5.41) is 64.6. The molecule has 2 aromatic carbocycles. The Morgan fingerprint density at radius 2 is 1.39 bits per heavy atom. The fourth-order valence-electron chi connectivity index (χ4n) is 13.7. The third-order valence-electron chi connectivity index (χ3n) is 19.6. The van der Waals surface area contributed by atoms with E-state index < -0.39 is 57.0 Å². The minimum absolute atomic E-state index is 0.0460. The van der Waals surface area contributed by atoms with Crippen molar-refractivity contribution in [2.45, 2.75) is 188 Å². The Kier molecular flexibility index (Phi) is 19.3. The van der Waals surface area contributed by atoms with Crippen LogP contribution in [0.5, 0.6) is 11.5 Å². The Labute approximate surface area is 470 Å². The Morgan fingerprint density at radius 1 is 0.851 bits per heavy atom.